The molecule has 0 amide bonds. The SMILES string of the molecule is Cc1ccc(S(=O)(=O)Cl)cn1.Cl. The summed E-state index contributed by atoms with van der Waals surface area (Å²) in [4.78, 5) is 3.81. The number of aromatic nitrogens is 1. The fourth-order valence-corrected chi connectivity index (χ4v) is 1.28. The molecular formula is C6H7Cl2NO2S. The summed E-state index contributed by atoms with van der Waals surface area (Å²) >= 11 is 0. The van der Waals surface area contributed by atoms with Gasteiger partial charge in [0.1, 0.15) is 4.90 Å². The highest BCUT2D eigenvalue weighted by Gasteiger charge is 2.08. The van der Waals surface area contributed by atoms with Crippen molar-refractivity contribution in [2.45, 2.75) is 11.8 Å². The van der Waals surface area contributed by atoms with Crippen molar-refractivity contribution < 1.29 is 8.42 Å². The van der Waals surface area contributed by atoms with Crippen molar-refractivity contribution in [1.29, 1.82) is 0 Å². The molecule has 0 aromatic carbocycles. The van der Waals surface area contributed by atoms with Gasteiger partial charge in [0.2, 0.25) is 0 Å². The maximum atomic E-state index is 10.7. The van der Waals surface area contributed by atoms with Crippen LogP contribution in [-0.2, 0) is 9.05 Å². The lowest BCUT2D eigenvalue weighted by Crippen LogP contribution is -1.91. The summed E-state index contributed by atoms with van der Waals surface area (Å²) in [6, 6.07) is 3.01. The molecule has 1 aromatic heterocycles. The van der Waals surface area contributed by atoms with E-state index in [2.05, 4.69) is 4.98 Å². The topological polar surface area (TPSA) is 47.0 Å². The number of halogens is 2. The van der Waals surface area contributed by atoms with Crippen molar-refractivity contribution in [3.8, 4) is 0 Å². The normalized spacial score (nSPS) is 10.5. The van der Waals surface area contributed by atoms with Crippen LogP contribution in [0.5, 0.6) is 0 Å². The summed E-state index contributed by atoms with van der Waals surface area (Å²) in [5.74, 6) is 0. The molecule has 0 unspecified atom stereocenters. The van der Waals surface area contributed by atoms with Crippen molar-refractivity contribution in [3.05, 3.63) is 24.0 Å². The predicted molar refractivity (Wildman–Crippen MR) is 49.3 cm³/mol. The second kappa shape index (κ2) is 4.07. The maximum Gasteiger partial charge on any atom is 0.262 e. The second-order valence-corrected chi connectivity index (χ2v) is 4.64. The maximum absolute atomic E-state index is 10.7. The summed E-state index contributed by atoms with van der Waals surface area (Å²) in [5, 5.41) is 0. The van der Waals surface area contributed by atoms with Crippen LogP contribution in [0.25, 0.3) is 0 Å². The van der Waals surface area contributed by atoms with E-state index in [0.29, 0.717) is 0 Å². The molecule has 0 saturated carbocycles. The van der Waals surface area contributed by atoms with Gasteiger partial charge in [-0.1, -0.05) is 0 Å². The number of hydrogen-bond acceptors (Lipinski definition) is 3. The van der Waals surface area contributed by atoms with Gasteiger partial charge in [0.15, 0.2) is 0 Å². The van der Waals surface area contributed by atoms with E-state index >= 15 is 0 Å². The first-order valence-electron chi connectivity index (χ1n) is 2.87. The van der Waals surface area contributed by atoms with E-state index in [4.69, 9.17) is 10.7 Å². The number of pyridine rings is 1. The number of rotatable bonds is 1. The molecule has 68 valence electrons. The third-order valence-electron chi connectivity index (χ3n) is 1.17. The smallest absolute Gasteiger partial charge is 0.260 e. The van der Waals surface area contributed by atoms with Crippen LogP contribution in [0.15, 0.2) is 23.2 Å². The molecule has 0 aliphatic rings. The molecule has 0 N–H and O–H groups in total. The first-order chi connectivity index (χ1) is 5.00. The number of hydrogen-bond donors (Lipinski definition) is 0. The zero-order valence-corrected chi connectivity index (χ0v) is 8.58. The number of nitrogens with zero attached hydrogens (tertiary/aromatic N) is 1. The van der Waals surface area contributed by atoms with Gasteiger partial charge < -0.3 is 0 Å². The Morgan fingerprint density at radius 3 is 2.33 bits per heavy atom. The average molecular weight is 228 g/mol. The summed E-state index contributed by atoms with van der Waals surface area (Å²) in [6.45, 7) is 1.77. The Hall–Kier alpha value is -0.320. The van der Waals surface area contributed by atoms with Crippen LogP contribution in [0.3, 0.4) is 0 Å². The van der Waals surface area contributed by atoms with Gasteiger partial charge in [-0.15, -0.1) is 12.4 Å². The first kappa shape index (κ1) is 11.7. The molecule has 0 saturated heterocycles. The third kappa shape index (κ3) is 2.97. The zero-order chi connectivity index (χ0) is 8.48. The molecular weight excluding hydrogens is 221 g/mol. The Balaban J connectivity index is 0.00000121. The summed E-state index contributed by atoms with van der Waals surface area (Å²) < 4.78 is 21.3. The highest BCUT2D eigenvalue weighted by molar-refractivity contribution is 8.13. The van der Waals surface area contributed by atoms with E-state index in [1.807, 2.05) is 0 Å². The molecule has 1 rings (SSSR count). The lowest BCUT2D eigenvalue weighted by molar-refractivity contribution is 0.609. The first-order valence-corrected chi connectivity index (χ1v) is 5.18. The minimum atomic E-state index is -3.61. The largest absolute Gasteiger partial charge is 0.262 e. The van der Waals surface area contributed by atoms with Gasteiger partial charge in [-0.2, -0.15) is 0 Å². The Kier molecular flexibility index (Phi) is 3.96. The number of aryl methyl sites for hydroxylation is 1. The Labute approximate surface area is 81.6 Å². The van der Waals surface area contributed by atoms with Crippen LogP contribution >= 0.6 is 23.1 Å². The van der Waals surface area contributed by atoms with E-state index in [9.17, 15) is 8.42 Å². The third-order valence-corrected chi connectivity index (χ3v) is 2.50. The van der Waals surface area contributed by atoms with E-state index < -0.39 is 9.05 Å². The molecule has 1 heterocycles. The van der Waals surface area contributed by atoms with Gasteiger partial charge in [-0.3, -0.25) is 4.98 Å². The molecule has 0 bridgehead atoms. The van der Waals surface area contributed by atoms with Gasteiger partial charge in [-0.05, 0) is 19.1 Å². The zero-order valence-electron chi connectivity index (χ0n) is 6.19. The second-order valence-electron chi connectivity index (χ2n) is 2.07. The molecule has 6 heteroatoms. The molecule has 0 aliphatic carbocycles. The van der Waals surface area contributed by atoms with E-state index in [1.54, 1.807) is 13.0 Å². The molecule has 0 spiro atoms. The van der Waals surface area contributed by atoms with Gasteiger partial charge in [0.05, 0.1) is 0 Å². The van der Waals surface area contributed by atoms with Crippen LogP contribution in [-0.4, -0.2) is 13.4 Å². The van der Waals surface area contributed by atoms with Gasteiger partial charge in [0.25, 0.3) is 9.05 Å². The fourth-order valence-electron chi connectivity index (χ4n) is 0.598. The lowest BCUT2D eigenvalue weighted by Gasteiger charge is -1.94. The van der Waals surface area contributed by atoms with Crippen molar-refractivity contribution in [3.63, 3.8) is 0 Å². The quantitative estimate of drug-likeness (QED) is 0.688. The summed E-state index contributed by atoms with van der Waals surface area (Å²) in [7, 11) is 1.43. The van der Waals surface area contributed by atoms with E-state index in [0.717, 1.165) is 5.69 Å². The highest BCUT2D eigenvalue weighted by atomic mass is 35.7. The molecule has 12 heavy (non-hydrogen) atoms. The minimum absolute atomic E-state index is 0. The average Bonchev–Trinajstić information content (AvgIpc) is 1.86. The van der Waals surface area contributed by atoms with Crippen LogP contribution in [0.2, 0.25) is 0 Å². The van der Waals surface area contributed by atoms with Crippen molar-refractivity contribution in [2.75, 3.05) is 0 Å². The molecule has 0 fully saturated rings. The Morgan fingerprint density at radius 2 is 2.00 bits per heavy atom. The molecule has 0 atom stereocenters. The van der Waals surface area contributed by atoms with Gasteiger partial charge >= 0.3 is 0 Å². The summed E-state index contributed by atoms with van der Waals surface area (Å²) in [5.41, 5.74) is 0.758. The van der Waals surface area contributed by atoms with Crippen LogP contribution in [0.1, 0.15) is 5.69 Å². The monoisotopic (exact) mass is 227 g/mol. The van der Waals surface area contributed by atoms with Crippen molar-refractivity contribution >= 4 is 32.1 Å². The highest BCUT2D eigenvalue weighted by Crippen LogP contribution is 2.12. The lowest BCUT2D eigenvalue weighted by atomic mass is 10.4. The summed E-state index contributed by atoms with van der Waals surface area (Å²) in [6.07, 6.45) is 1.23. The van der Waals surface area contributed by atoms with Crippen LogP contribution in [0.4, 0.5) is 0 Å². The molecule has 1 aromatic rings. The molecule has 0 aliphatic heterocycles. The van der Waals surface area contributed by atoms with E-state index in [-0.39, 0.29) is 17.3 Å². The Morgan fingerprint density at radius 1 is 1.42 bits per heavy atom. The van der Waals surface area contributed by atoms with Crippen molar-refractivity contribution in [2.24, 2.45) is 0 Å². The standard InChI is InChI=1S/C6H6ClNO2S.ClH/c1-5-2-3-6(4-8-5)11(7,9)10;/h2-4H,1H3;1H. The van der Waals surface area contributed by atoms with Crippen LogP contribution < -0.4 is 0 Å². The fraction of sp³-hybridized carbons (Fsp3) is 0.167. The van der Waals surface area contributed by atoms with Crippen molar-refractivity contribution in [1.82, 2.24) is 4.98 Å². The van der Waals surface area contributed by atoms with Crippen LogP contribution in [0, 0.1) is 6.92 Å². The van der Waals surface area contributed by atoms with E-state index in [1.165, 1.54) is 12.3 Å². The predicted octanol–water partition coefficient (Wildman–Crippen LogP) is 1.74. The van der Waals surface area contributed by atoms with Gasteiger partial charge in [0, 0.05) is 22.6 Å². The Bertz CT molecular complexity index is 346. The molecule has 3 nitrogen and oxygen atoms in total. The molecule has 0 radical (unpaired) electrons. The minimum Gasteiger partial charge on any atom is -0.260 e. The van der Waals surface area contributed by atoms with Gasteiger partial charge in [-0.25, -0.2) is 8.42 Å².